The van der Waals surface area contributed by atoms with Gasteiger partial charge >= 0.3 is 29.8 Å². The lowest BCUT2D eigenvalue weighted by atomic mass is 9.74. The Morgan fingerprint density at radius 2 is 1.68 bits per heavy atom. The van der Waals surface area contributed by atoms with Crippen molar-refractivity contribution in [2.45, 2.75) is 108 Å². The van der Waals surface area contributed by atoms with Crippen molar-refractivity contribution in [3.63, 3.8) is 0 Å². The van der Waals surface area contributed by atoms with E-state index in [0.29, 0.717) is 17.9 Å². The van der Waals surface area contributed by atoms with E-state index in [2.05, 4.69) is 6.58 Å². The van der Waals surface area contributed by atoms with Crippen LogP contribution in [0.1, 0.15) is 65.9 Å². The van der Waals surface area contributed by atoms with E-state index < -0.39 is 89.4 Å². The Morgan fingerprint density at radius 3 is 2.20 bits per heavy atom. The van der Waals surface area contributed by atoms with Crippen LogP contribution in [0.2, 0.25) is 0 Å². The summed E-state index contributed by atoms with van der Waals surface area (Å²) in [6.45, 7) is 12.7. The molecular formula is C35H45FO14. The molecule has 14 nitrogen and oxygen atoms in total. The molecule has 0 saturated carbocycles. The van der Waals surface area contributed by atoms with Gasteiger partial charge in [0.2, 0.25) is 23.1 Å². The minimum absolute atomic E-state index is 0.140. The quantitative estimate of drug-likeness (QED) is 0.0892. The predicted molar refractivity (Wildman–Crippen MR) is 171 cm³/mol. The van der Waals surface area contributed by atoms with Crippen LogP contribution in [-0.2, 0) is 49.3 Å². The Labute approximate surface area is 288 Å². The van der Waals surface area contributed by atoms with E-state index in [4.69, 9.17) is 18.9 Å². The molecule has 10 atom stereocenters. The Balaban J connectivity index is 2.01. The first-order chi connectivity index (χ1) is 23.2. The molecule has 15 heteroatoms. The zero-order valence-electron chi connectivity index (χ0n) is 28.5. The van der Waals surface area contributed by atoms with E-state index in [1.54, 1.807) is 19.1 Å². The molecular weight excluding hydrogens is 663 g/mol. The molecule has 1 aromatic rings. The van der Waals surface area contributed by atoms with Gasteiger partial charge in [-0.25, -0.2) is 23.6 Å². The third-order valence-electron chi connectivity index (χ3n) is 9.36. The molecule has 2 bridgehead atoms. The van der Waals surface area contributed by atoms with Crippen molar-refractivity contribution in [3.8, 4) is 0 Å². The molecule has 276 valence electrons. The third-order valence-corrected chi connectivity index (χ3v) is 9.36. The van der Waals surface area contributed by atoms with Crippen LogP contribution >= 0.6 is 0 Å². The van der Waals surface area contributed by atoms with Crippen molar-refractivity contribution in [2.75, 3.05) is 0 Å². The standard InChI is InChI=1S/C35H45FO14/c1-7-18(2)16-19(3)8-13-25(38)48-28-27(39)33(49-29(30(40)41)34(46,31(42)43)35(28,50-33)32(44)45)15-14-20(4)26(47-22(6)37)21(5)17-23-9-11-24(36)12-10-23/h8-13,18-19,21,26-29,39,46H,4,7,14-17H2,1-3,5-6H3,(H,40,41)(H,42,43)(H,44,45)/b13-8+/t18-,19+,21+,26+,27+,28+,29+,33-,34+,35-/m0/s1. The molecule has 2 aliphatic heterocycles. The maximum atomic E-state index is 13.5. The molecule has 2 fully saturated rings. The van der Waals surface area contributed by atoms with Crippen molar-refractivity contribution in [3.05, 3.63) is 60.0 Å². The lowest BCUT2D eigenvalue weighted by molar-refractivity contribution is -0.374. The molecule has 3 rings (SSSR count). The normalized spacial score (nSPS) is 29.8. The van der Waals surface area contributed by atoms with E-state index >= 15 is 0 Å². The summed E-state index contributed by atoms with van der Waals surface area (Å²) in [6, 6.07) is 5.60. The van der Waals surface area contributed by atoms with Crippen LogP contribution in [0.4, 0.5) is 4.39 Å². The van der Waals surface area contributed by atoms with E-state index in [9.17, 15) is 53.9 Å². The predicted octanol–water partition coefficient (Wildman–Crippen LogP) is 3.02. The monoisotopic (exact) mass is 708 g/mol. The topological polar surface area (TPSA) is 223 Å². The lowest BCUT2D eigenvalue weighted by Crippen LogP contribution is -2.78. The number of carboxylic acids is 3. The molecule has 0 radical (unpaired) electrons. The number of carbonyl (C=O) groups excluding carboxylic acids is 2. The van der Waals surface area contributed by atoms with Gasteiger partial charge in [-0.2, -0.15) is 0 Å². The van der Waals surface area contributed by atoms with Gasteiger partial charge in [-0.15, -0.1) is 0 Å². The summed E-state index contributed by atoms with van der Waals surface area (Å²) in [7, 11) is 0. The molecule has 5 N–H and O–H groups in total. The number of halogens is 1. The summed E-state index contributed by atoms with van der Waals surface area (Å²) in [5, 5.41) is 53.5. The van der Waals surface area contributed by atoms with Crippen LogP contribution in [0.15, 0.2) is 48.6 Å². The highest BCUT2D eigenvalue weighted by Gasteiger charge is 2.85. The van der Waals surface area contributed by atoms with Gasteiger partial charge in [-0.05, 0) is 54.4 Å². The van der Waals surface area contributed by atoms with Crippen LogP contribution in [0, 0.1) is 23.6 Å². The first kappa shape index (κ1) is 40.3. The lowest BCUT2D eigenvalue weighted by Gasteiger charge is -2.48. The number of hydrogen-bond donors (Lipinski definition) is 5. The molecule has 2 saturated heterocycles. The summed E-state index contributed by atoms with van der Waals surface area (Å²) < 4.78 is 35.4. The summed E-state index contributed by atoms with van der Waals surface area (Å²) in [4.78, 5) is 62.9. The van der Waals surface area contributed by atoms with Gasteiger partial charge < -0.3 is 44.5 Å². The van der Waals surface area contributed by atoms with Crippen molar-refractivity contribution < 1.29 is 72.8 Å². The van der Waals surface area contributed by atoms with Crippen LogP contribution in [0.5, 0.6) is 0 Å². The summed E-state index contributed by atoms with van der Waals surface area (Å²) in [6.07, 6.45) is -5.37. The van der Waals surface area contributed by atoms with Gasteiger partial charge in [0.05, 0.1) is 0 Å². The molecule has 0 unspecified atom stereocenters. The minimum Gasteiger partial charge on any atom is -0.479 e. The fraction of sp³-hybridized carbons (Fsp3) is 0.571. The Hall–Kier alpha value is -4.18. The van der Waals surface area contributed by atoms with E-state index in [0.717, 1.165) is 19.4 Å². The Morgan fingerprint density at radius 1 is 1.06 bits per heavy atom. The second-order valence-electron chi connectivity index (χ2n) is 13.2. The largest absolute Gasteiger partial charge is 0.479 e. The first-order valence-corrected chi connectivity index (χ1v) is 16.2. The number of carboxylic acid groups (broad SMARTS) is 3. The maximum absolute atomic E-state index is 13.5. The van der Waals surface area contributed by atoms with Crippen molar-refractivity contribution in [1.82, 2.24) is 0 Å². The number of aliphatic carboxylic acids is 3. The minimum atomic E-state index is -3.93. The van der Waals surface area contributed by atoms with Gasteiger partial charge in [0.25, 0.3) is 0 Å². The van der Waals surface area contributed by atoms with Gasteiger partial charge in [0, 0.05) is 25.3 Å². The number of allylic oxidation sites excluding steroid dienone is 1. The van der Waals surface area contributed by atoms with Crippen LogP contribution in [0.3, 0.4) is 0 Å². The second-order valence-corrected chi connectivity index (χ2v) is 13.2. The highest BCUT2D eigenvalue weighted by molar-refractivity contribution is 5.98. The number of aliphatic hydroxyl groups excluding tert-OH is 1. The first-order valence-electron chi connectivity index (χ1n) is 16.2. The Kier molecular flexibility index (Phi) is 12.7. The molecule has 0 aromatic heterocycles. The molecule has 0 aliphatic carbocycles. The smallest absolute Gasteiger partial charge is 0.344 e. The zero-order chi connectivity index (χ0) is 37.8. The number of fused-ring (bicyclic) bond motifs is 2. The summed E-state index contributed by atoms with van der Waals surface area (Å²) in [5.41, 5.74) is -6.64. The maximum Gasteiger partial charge on any atom is 0.344 e. The second kappa shape index (κ2) is 15.8. The van der Waals surface area contributed by atoms with Gasteiger partial charge in [0.1, 0.15) is 18.0 Å². The SMILES string of the molecule is C=C(CC[C@]12O[C@H](C(=O)O)[C@@](O)(C(=O)O)[C@](C(=O)O)(O1)[C@H](OC(=O)/C=C/[C@@H](C)C[C@@H](C)CC)[C@H]2O)[C@@H](OC(C)=O)[C@H](C)Cc1ccc(F)cc1. The molecule has 0 amide bonds. The number of carbonyl (C=O) groups is 5. The number of benzene rings is 1. The third kappa shape index (κ3) is 7.90. The summed E-state index contributed by atoms with van der Waals surface area (Å²) in [5.74, 6) is -12.1. The van der Waals surface area contributed by atoms with Gasteiger partial charge in [0.15, 0.2) is 6.10 Å². The van der Waals surface area contributed by atoms with Gasteiger partial charge in [-0.1, -0.05) is 58.9 Å². The highest BCUT2D eigenvalue weighted by atomic mass is 19.1. The molecule has 0 spiro atoms. The van der Waals surface area contributed by atoms with E-state index in [1.807, 2.05) is 20.8 Å². The number of rotatable bonds is 17. The van der Waals surface area contributed by atoms with E-state index in [-0.39, 0.29) is 24.3 Å². The molecule has 50 heavy (non-hydrogen) atoms. The zero-order valence-corrected chi connectivity index (χ0v) is 28.5. The van der Waals surface area contributed by atoms with Gasteiger partial charge in [-0.3, -0.25) is 4.79 Å². The highest BCUT2D eigenvalue weighted by Crippen LogP contribution is 2.56. The molecule has 1 aromatic carbocycles. The number of esters is 2. The number of ether oxygens (including phenoxy) is 4. The van der Waals surface area contributed by atoms with Crippen LogP contribution < -0.4 is 0 Å². The average molecular weight is 709 g/mol. The Bertz CT molecular complexity index is 1490. The van der Waals surface area contributed by atoms with Crippen molar-refractivity contribution in [1.29, 1.82) is 0 Å². The average Bonchev–Trinajstić information content (AvgIpc) is 3.25. The van der Waals surface area contributed by atoms with Crippen molar-refractivity contribution >= 4 is 29.8 Å². The molecule has 2 aliphatic rings. The van der Waals surface area contributed by atoms with Crippen LogP contribution in [-0.4, -0.2) is 96.8 Å². The number of aliphatic hydroxyl groups is 2. The van der Waals surface area contributed by atoms with E-state index in [1.165, 1.54) is 18.2 Å². The summed E-state index contributed by atoms with van der Waals surface area (Å²) >= 11 is 0. The van der Waals surface area contributed by atoms with Crippen LogP contribution in [0.25, 0.3) is 0 Å². The molecule has 2 heterocycles. The number of hydrogen-bond acceptors (Lipinski definition) is 11. The fourth-order valence-corrected chi connectivity index (χ4v) is 6.59. The van der Waals surface area contributed by atoms with Crippen molar-refractivity contribution in [2.24, 2.45) is 17.8 Å². The fourth-order valence-electron chi connectivity index (χ4n) is 6.59.